The van der Waals surface area contributed by atoms with E-state index in [9.17, 15) is 9.59 Å². The molecule has 0 aliphatic rings. The summed E-state index contributed by atoms with van der Waals surface area (Å²) >= 11 is 0. The second kappa shape index (κ2) is 6.70. The van der Waals surface area contributed by atoms with Gasteiger partial charge in [0.25, 0.3) is 5.91 Å². The van der Waals surface area contributed by atoms with Gasteiger partial charge < -0.3 is 10.4 Å². The number of anilines is 1. The number of hydrogen-bond acceptors (Lipinski definition) is 2. The van der Waals surface area contributed by atoms with Crippen LogP contribution in [0.3, 0.4) is 0 Å². The molecule has 4 heteroatoms. The molecule has 0 bridgehead atoms. The van der Waals surface area contributed by atoms with Gasteiger partial charge in [0.05, 0.1) is 6.42 Å². The highest BCUT2D eigenvalue weighted by atomic mass is 16.4. The lowest BCUT2D eigenvalue weighted by Crippen LogP contribution is -2.11. The second-order valence-corrected chi connectivity index (χ2v) is 4.77. The maximum Gasteiger partial charge on any atom is 0.307 e. The summed E-state index contributed by atoms with van der Waals surface area (Å²) in [6.07, 6.45) is 0.916. The van der Waals surface area contributed by atoms with E-state index < -0.39 is 5.97 Å². The van der Waals surface area contributed by atoms with Gasteiger partial charge in [-0.25, -0.2) is 0 Å². The van der Waals surface area contributed by atoms with Crippen molar-refractivity contribution in [3.8, 4) is 0 Å². The molecule has 21 heavy (non-hydrogen) atoms. The lowest BCUT2D eigenvalue weighted by molar-refractivity contribution is -0.136. The number of amides is 1. The van der Waals surface area contributed by atoms with E-state index in [1.807, 2.05) is 12.1 Å². The fourth-order valence-corrected chi connectivity index (χ4v) is 1.98. The van der Waals surface area contributed by atoms with Crippen LogP contribution in [0.4, 0.5) is 5.69 Å². The van der Waals surface area contributed by atoms with E-state index in [0.29, 0.717) is 16.8 Å². The van der Waals surface area contributed by atoms with Crippen molar-refractivity contribution >= 4 is 17.6 Å². The SMILES string of the molecule is CCc1ccc(C(=O)Nc2ccc(CC(=O)O)cc2)cc1. The zero-order chi connectivity index (χ0) is 15.2. The summed E-state index contributed by atoms with van der Waals surface area (Å²) in [4.78, 5) is 22.7. The van der Waals surface area contributed by atoms with Crippen molar-refractivity contribution in [1.82, 2.24) is 0 Å². The molecule has 0 unspecified atom stereocenters. The fourth-order valence-electron chi connectivity index (χ4n) is 1.98. The van der Waals surface area contributed by atoms with Crippen molar-refractivity contribution in [2.45, 2.75) is 19.8 Å². The molecule has 2 rings (SSSR count). The molecule has 2 N–H and O–H groups in total. The van der Waals surface area contributed by atoms with Crippen molar-refractivity contribution in [3.63, 3.8) is 0 Å². The Labute approximate surface area is 123 Å². The third-order valence-corrected chi connectivity index (χ3v) is 3.19. The minimum Gasteiger partial charge on any atom is -0.481 e. The standard InChI is InChI=1S/C17H17NO3/c1-2-12-3-7-14(8-4-12)17(21)18-15-9-5-13(6-10-15)11-16(19)20/h3-10H,2,11H2,1H3,(H,18,21)(H,19,20). The number of carboxylic acids is 1. The van der Waals surface area contributed by atoms with E-state index in [0.717, 1.165) is 6.42 Å². The Morgan fingerprint density at radius 1 is 0.952 bits per heavy atom. The number of carbonyl (C=O) groups is 2. The van der Waals surface area contributed by atoms with Crippen LogP contribution in [-0.4, -0.2) is 17.0 Å². The maximum atomic E-state index is 12.1. The molecule has 0 radical (unpaired) electrons. The Kier molecular flexibility index (Phi) is 4.72. The predicted molar refractivity (Wildman–Crippen MR) is 81.6 cm³/mol. The van der Waals surface area contributed by atoms with E-state index in [1.54, 1.807) is 36.4 Å². The molecule has 0 spiro atoms. The third kappa shape index (κ3) is 4.18. The molecule has 2 aromatic carbocycles. The lowest BCUT2D eigenvalue weighted by Gasteiger charge is -2.06. The Balaban J connectivity index is 2.03. The molecule has 108 valence electrons. The first-order chi connectivity index (χ1) is 10.1. The Morgan fingerprint density at radius 3 is 2.05 bits per heavy atom. The van der Waals surface area contributed by atoms with E-state index in [2.05, 4.69) is 12.2 Å². The van der Waals surface area contributed by atoms with Crippen molar-refractivity contribution in [2.24, 2.45) is 0 Å². The molecule has 0 aromatic heterocycles. The van der Waals surface area contributed by atoms with Crippen LogP contribution >= 0.6 is 0 Å². The molecule has 4 nitrogen and oxygen atoms in total. The molecule has 0 saturated carbocycles. The molecular weight excluding hydrogens is 266 g/mol. The third-order valence-electron chi connectivity index (χ3n) is 3.19. The van der Waals surface area contributed by atoms with Crippen LogP contribution < -0.4 is 5.32 Å². The number of aryl methyl sites for hydroxylation is 1. The Hall–Kier alpha value is -2.62. The van der Waals surface area contributed by atoms with Crippen molar-refractivity contribution in [1.29, 1.82) is 0 Å². The predicted octanol–water partition coefficient (Wildman–Crippen LogP) is 3.13. The van der Waals surface area contributed by atoms with Gasteiger partial charge in [-0.05, 0) is 41.8 Å². The lowest BCUT2D eigenvalue weighted by atomic mass is 10.1. The van der Waals surface area contributed by atoms with Gasteiger partial charge in [-0.15, -0.1) is 0 Å². The van der Waals surface area contributed by atoms with Crippen LogP contribution in [-0.2, 0) is 17.6 Å². The largest absolute Gasteiger partial charge is 0.481 e. The number of hydrogen-bond donors (Lipinski definition) is 2. The van der Waals surface area contributed by atoms with Crippen LogP contribution in [0, 0.1) is 0 Å². The summed E-state index contributed by atoms with van der Waals surface area (Å²) in [6.45, 7) is 2.06. The molecule has 2 aromatic rings. The molecule has 1 amide bonds. The Bertz CT molecular complexity index is 630. The van der Waals surface area contributed by atoms with Gasteiger partial charge in [0.15, 0.2) is 0 Å². The average molecular weight is 283 g/mol. The van der Waals surface area contributed by atoms with Crippen LogP contribution in [0.1, 0.15) is 28.4 Å². The van der Waals surface area contributed by atoms with Gasteiger partial charge in [-0.1, -0.05) is 31.2 Å². The minimum atomic E-state index is -0.872. The van der Waals surface area contributed by atoms with Crippen LogP contribution in [0.5, 0.6) is 0 Å². The molecule has 0 heterocycles. The maximum absolute atomic E-state index is 12.1. The van der Waals surface area contributed by atoms with Crippen molar-refractivity contribution in [3.05, 3.63) is 65.2 Å². The normalized spacial score (nSPS) is 10.1. The van der Waals surface area contributed by atoms with Gasteiger partial charge in [-0.3, -0.25) is 9.59 Å². The van der Waals surface area contributed by atoms with Crippen LogP contribution in [0.25, 0.3) is 0 Å². The highest BCUT2D eigenvalue weighted by Crippen LogP contribution is 2.12. The summed E-state index contributed by atoms with van der Waals surface area (Å²) in [7, 11) is 0. The summed E-state index contributed by atoms with van der Waals surface area (Å²) in [5.41, 5.74) is 3.13. The first-order valence-corrected chi connectivity index (χ1v) is 6.79. The molecule has 0 saturated heterocycles. The highest BCUT2D eigenvalue weighted by molar-refractivity contribution is 6.04. The van der Waals surface area contributed by atoms with Gasteiger partial charge in [-0.2, -0.15) is 0 Å². The van der Waals surface area contributed by atoms with E-state index in [4.69, 9.17) is 5.11 Å². The summed E-state index contributed by atoms with van der Waals surface area (Å²) in [5.74, 6) is -1.05. The minimum absolute atomic E-state index is 0.0211. The number of carboxylic acid groups (broad SMARTS) is 1. The first-order valence-electron chi connectivity index (χ1n) is 6.79. The number of benzene rings is 2. The number of aliphatic carboxylic acids is 1. The fraction of sp³-hybridized carbons (Fsp3) is 0.176. The van der Waals surface area contributed by atoms with E-state index in [1.165, 1.54) is 5.56 Å². The summed E-state index contributed by atoms with van der Waals surface area (Å²) < 4.78 is 0. The van der Waals surface area contributed by atoms with Crippen LogP contribution in [0.2, 0.25) is 0 Å². The molecule has 0 atom stereocenters. The highest BCUT2D eigenvalue weighted by Gasteiger charge is 2.06. The number of rotatable bonds is 5. The van der Waals surface area contributed by atoms with E-state index in [-0.39, 0.29) is 12.3 Å². The van der Waals surface area contributed by atoms with Gasteiger partial charge in [0.2, 0.25) is 0 Å². The summed E-state index contributed by atoms with van der Waals surface area (Å²) in [5, 5.41) is 11.5. The second-order valence-electron chi connectivity index (χ2n) is 4.77. The first kappa shape index (κ1) is 14.8. The van der Waals surface area contributed by atoms with Gasteiger partial charge >= 0.3 is 5.97 Å². The smallest absolute Gasteiger partial charge is 0.307 e. The Morgan fingerprint density at radius 2 is 1.52 bits per heavy atom. The van der Waals surface area contributed by atoms with Crippen LogP contribution in [0.15, 0.2) is 48.5 Å². The zero-order valence-corrected chi connectivity index (χ0v) is 11.8. The molecule has 0 aliphatic carbocycles. The number of nitrogens with one attached hydrogen (secondary N) is 1. The van der Waals surface area contributed by atoms with Crippen molar-refractivity contribution in [2.75, 3.05) is 5.32 Å². The zero-order valence-electron chi connectivity index (χ0n) is 11.8. The molecule has 0 aliphatic heterocycles. The summed E-state index contributed by atoms with van der Waals surface area (Å²) in [6, 6.07) is 14.3. The quantitative estimate of drug-likeness (QED) is 0.886. The van der Waals surface area contributed by atoms with Gasteiger partial charge in [0, 0.05) is 11.3 Å². The van der Waals surface area contributed by atoms with Gasteiger partial charge in [0.1, 0.15) is 0 Å². The molecular formula is C17H17NO3. The number of carbonyl (C=O) groups excluding carboxylic acids is 1. The van der Waals surface area contributed by atoms with Crippen molar-refractivity contribution < 1.29 is 14.7 Å². The molecule has 0 fully saturated rings. The average Bonchev–Trinajstić information content (AvgIpc) is 2.49. The van der Waals surface area contributed by atoms with E-state index >= 15 is 0 Å². The topological polar surface area (TPSA) is 66.4 Å². The monoisotopic (exact) mass is 283 g/mol.